The maximum absolute atomic E-state index is 10.7. The summed E-state index contributed by atoms with van der Waals surface area (Å²) in [5, 5.41) is 8.79. The van der Waals surface area contributed by atoms with Crippen LogP contribution < -0.4 is 11.5 Å². The third kappa shape index (κ3) is 2.72. The van der Waals surface area contributed by atoms with Crippen LogP contribution in [0.25, 0.3) is 0 Å². The van der Waals surface area contributed by atoms with Crippen LogP contribution in [-0.4, -0.2) is 45.4 Å². The Morgan fingerprint density at radius 1 is 1.45 bits per heavy atom. The molecule has 0 bridgehead atoms. The average molecular weight is 281 g/mol. The molecule has 2 heterocycles. The molecule has 8 heteroatoms. The van der Waals surface area contributed by atoms with Crippen molar-refractivity contribution in [2.24, 2.45) is 5.73 Å². The second-order valence-corrected chi connectivity index (χ2v) is 6.03. The normalized spacial score (nSPS) is 21.9. The van der Waals surface area contributed by atoms with E-state index in [1.54, 1.807) is 6.20 Å². The van der Waals surface area contributed by atoms with Gasteiger partial charge in [0, 0.05) is 18.3 Å². The standard InChI is InChI=1S/C12H20BN3O4/c1-11(2)12(3,4)20-13(19-11)10-15-6-7(16-10)5-8(14)9(17)18/h6,8H,5,14H2,1-4H3,(H,15,16)(H,17,18)/t8-/m0/s1. The predicted octanol–water partition coefficient (Wildman–Crippen LogP) is -0.337. The fourth-order valence-electron chi connectivity index (χ4n) is 1.88. The zero-order chi connectivity index (χ0) is 15.1. The molecule has 0 radical (unpaired) electrons. The highest BCUT2D eigenvalue weighted by atomic mass is 16.7. The summed E-state index contributed by atoms with van der Waals surface area (Å²) in [4.78, 5) is 17.9. The molecule has 7 nitrogen and oxygen atoms in total. The van der Waals surface area contributed by atoms with Gasteiger partial charge in [0.25, 0.3) is 0 Å². The SMILES string of the molecule is CC1(C)OB(c2ncc(C[C@H](N)C(=O)O)[nH]2)OC1(C)C. The Hall–Kier alpha value is -1.38. The Morgan fingerprint density at radius 3 is 2.50 bits per heavy atom. The van der Waals surface area contributed by atoms with E-state index < -0.39 is 30.3 Å². The monoisotopic (exact) mass is 281 g/mol. The Morgan fingerprint density at radius 2 is 2.00 bits per heavy atom. The quantitative estimate of drug-likeness (QED) is 0.651. The molecule has 1 fully saturated rings. The number of imidazole rings is 1. The fraction of sp³-hybridized carbons (Fsp3) is 0.667. The number of aromatic amines is 1. The minimum atomic E-state index is -1.04. The minimum Gasteiger partial charge on any atom is -0.480 e. The van der Waals surface area contributed by atoms with E-state index in [9.17, 15) is 4.79 Å². The van der Waals surface area contributed by atoms with Gasteiger partial charge in [0.2, 0.25) is 0 Å². The second-order valence-electron chi connectivity index (χ2n) is 6.03. The van der Waals surface area contributed by atoms with E-state index in [1.807, 2.05) is 27.7 Å². The first-order valence-corrected chi connectivity index (χ1v) is 6.50. The first-order valence-electron chi connectivity index (χ1n) is 6.50. The number of rotatable bonds is 4. The lowest BCUT2D eigenvalue weighted by atomic mass is 9.89. The summed E-state index contributed by atoms with van der Waals surface area (Å²) < 4.78 is 11.7. The number of carbonyl (C=O) groups is 1. The molecular weight excluding hydrogens is 261 g/mol. The molecule has 0 aliphatic carbocycles. The lowest BCUT2D eigenvalue weighted by molar-refractivity contribution is -0.138. The van der Waals surface area contributed by atoms with Crippen LogP contribution in [0.4, 0.5) is 0 Å². The van der Waals surface area contributed by atoms with Crippen molar-refractivity contribution in [2.75, 3.05) is 0 Å². The molecule has 1 aromatic heterocycles. The van der Waals surface area contributed by atoms with Crippen LogP contribution in [0.2, 0.25) is 0 Å². The molecule has 2 rings (SSSR count). The van der Waals surface area contributed by atoms with Crippen LogP contribution >= 0.6 is 0 Å². The summed E-state index contributed by atoms with van der Waals surface area (Å²) in [7, 11) is -0.588. The summed E-state index contributed by atoms with van der Waals surface area (Å²) in [5.74, 6) is -1.04. The van der Waals surface area contributed by atoms with Crippen molar-refractivity contribution in [3.63, 3.8) is 0 Å². The van der Waals surface area contributed by atoms with Crippen molar-refractivity contribution < 1.29 is 19.2 Å². The number of aliphatic carboxylic acids is 1. The summed E-state index contributed by atoms with van der Waals surface area (Å²) in [6.45, 7) is 7.82. The number of nitrogens with one attached hydrogen (secondary N) is 1. The lowest BCUT2D eigenvalue weighted by Gasteiger charge is -2.32. The van der Waals surface area contributed by atoms with Crippen molar-refractivity contribution in [3.05, 3.63) is 11.9 Å². The molecule has 4 N–H and O–H groups in total. The summed E-state index contributed by atoms with van der Waals surface area (Å²) in [6, 6.07) is -0.957. The molecule has 0 amide bonds. The van der Waals surface area contributed by atoms with Gasteiger partial charge in [0.15, 0.2) is 0 Å². The topological polar surface area (TPSA) is 110 Å². The second kappa shape index (κ2) is 4.87. The largest absolute Gasteiger partial charge is 0.532 e. The fourth-order valence-corrected chi connectivity index (χ4v) is 1.88. The first-order chi connectivity index (χ1) is 9.12. The van der Waals surface area contributed by atoms with Gasteiger partial charge in [0.1, 0.15) is 11.8 Å². The maximum atomic E-state index is 10.7. The maximum Gasteiger partial charge on any atom is 0.532 e. The van der Waals surface area contributed by atoms with Crippen molar-refractivity contribution >= 4 is 18.8 Å². The van der Waals surface area contributed by atoms with Crippen LogP contribution in [0.15, 0.2) is 6.20 Å². The van der Waals surface area contributed by atoms with Gasteiger partial charge in [-0.15, -0.1) is 0 Å². The average Bonchev–Trinajstić information content (AvgIpc) is 2.82. The Bertz CT molecular complexity index is 499. The molecule has 110 valence electrons. The predicted molar refractivity (Wildman–Crippen MR) is 73.6 cm³/mol. The van der Waals surface area contributed by atoms with Crippen molar-refractivity contribution in [1.82, 2.24) is 9.97 Å². The van der Waals surface area contributed by atoms with Gasteiger partial charge in [-0.1, -0.05) is 0 Å². The zero-order valence-electron chi connectivity index (χ0n) is 12.1. The number of hydrogen-bond acceptors (Lipinski definition) is 5. The van der Waals surface area contributed by atoms with Gasteiger partial charge in [0.05, 0.1) is 11.2 Å². The molecule has 1 aliphatic rings. The number of hydrogen-bond donors (Lipinski definition) is 3. The van der Waals surface area contributed by atoms with E-state index in [0.29, 0.717) is 11.4 Å². The first kappa shape index (κ1) is 15.0. The molecule has 20 heavy (non-hydrogen) atoms. The summed E-state index contributed by atoms with van der Waals surface area (Å²) in [6.07, 6.45) is 1.74. The van der Waals surface area contributed by atoms with E-state index in [2.05, 4.69) is 9.97 Å². The van der Waals surface area contributed by atoms with E-state index in [0.717, 1.165) is 0 Å². The van der Waals surface area contributed by atoms with Crippen molar-refractivity contribution in [3.8, 4) is 0 Å². The molecule has 1 aliphatic heterocycles. The van der Waals surface area contributed by atoms with Gasteiger partial charge in [-0.05, 0) is 27.7 Å². The van der Waals surface area contributed by atoms with Crippen LogP contribution in [0.5, 0.6) is 0 Å². The molecule has 1 aromatic rings. The smallest absolute Gasteiger partial charge is 0.480 e. The zero-order valence-corrected chi connectivity index (χ0v) is 12.1. The van der Waals surface area contributed by atoms with Gasteiger partial charge < -0.3 is 25.1 Å². The number of H-pyrrole nitrogens is 1. The minimum absolute atomic E-state index is 0.182. The van der Waals surface area contributed by atoms with Gasteiger partial charge in [-0.3, -0.25) is 4.79 Å². The molecule has 0 unspecified atom stereocenters. The van der Waals surface area contributed by atoms with Crippen LogP contribution in [0.1, 0.15) is 33.4 Å². The number of carboxylic acid groups (broad SMARTS) is 1. The summed E-state index contributed by atoms with van der Waals surface area (Å²) >= 11 is 0. The molecule has 0 aromatic carbocycles. The number of carboxylic acids is 1. The van der Waals surface area contributed by atoms with Gasteiger partial charge in [-0.25, -0.2) is 4.98 Å². The highest BCUT2D eigenvalue weighted by molar-refractivity contribution is 6.60. The highest BCUT2D eigenvalue weighted by Gasteiger charge is 2.52. The van der Waals surface area contributed by atoms with E-state index in [4.69, 9.17) is 20.1 Å². The number of aromatic nitrogens is 2. The van der Waals surface area contributed by atoms with E-state index >= 15 is 0 Å². The lowest BCUT2D eigenvalue weighted by Crippen LogP contribution is -2.41. The van der Waals surface area contributed by atoms with E-state index in [-0.39, 0.29) is 6.42 Å². The molecule has 1 atom stereocenters. The van der Waals surface area contributed by atoms with Crippen molar-refractivity contribution in [2.45, 2.75) is 51.4 Å². The van der Waals surface area contributed by atoms with Crippen molar-refractivity contribution in [1.29, 1.82) is 0 Å². The highest BCUT2D eigenvalue weighted by Crippen LogP contribution is 2.36. The number of nitrogens with zero attached hydrogens (tertiary/aromatic N) is 1. The molecular formula is C12H20BN3O4. The Balaban J connectivity index is 2.09. The van der Waals surface area contributed by atoms with Gasteiger partial charge >= 0.3 is 13.1 Å². The Kier molecular flexibility index (Phi) is 3.66. The molecule has 1 saturated heterocycles. The van der Waals surface area contributed by atoms with Crippen LogP contribution in [-0.2, 0) is 20.5 Å². The third-order valence-corrected chi connectivity index (χ3v) is 3.88. The molecule has 0 saturated carbocycles. The Labute approximate surface area is 118 Å². The van der Waals surface area contributed by atoms with Gasteiger partial charge in [-0.2, -0.15) is 0 Å². The van der Waals surface area contributed by atoms with E-state index in [1.165, 1.54) is 0 Å². The third-order valence-electron chi connectivity index (χ3n) is 3.88. The summed E-state index contributed by atoms with van der Waals surface area (Å²) in [5.41, 5.74) is 5.77. The molecule has 0 spiro atoms. The van der Waals surface area contributed by atoms with Crippen LogP contribution in [0.3, 0.4) is 0 Å². The van der Waals surface area contributed by atoms with Crippen LogP contribution in [0, 0.1) is 0 Å². The number of nitrogens with two attached hydrogens (primary N) is 1.